The molecule has 232 valence electrons. The monoisotopic (exact) mass is 623 g/mol. The van der Waals surface area contributed by atoms with E-state index in [4.69, 9.17) is 19.1 Å². The van der Waals surface area contributed by atoms with E-state index in [-0.39, 0.29) is 17.2 Å². The number of anilines is 1. The number of nitrogen functional groups attached to an aromatic ring is 1. The molecule has 2 atom stereocenters. The lowest BCUT2D eigenvalue weighted by Crippen LogP contribution is -2.44. The van der Waals surface area contributed by atoms with Crippen molar-refractivity contribution in [3.8, 4) is 11.5 Å². The van der Waals surface area contributed by atoms with Crippen molar-refractivity contribution in [2.75, 3.05) is 18.5 Å². The van der Waals surface area contributed by atoms with Crippen molar-refractivity contribution in [3.63, 3.8) is 0 Å². The third-order valence-corrected chi connectivity index (χ3v) is 13.0. The number of H-pyrrole nitrogens is 1. The first kappa shape index (κ1) is 32.6. The molecule has 0 bridgehead atoms. The fourth-order valence-electron chi connectivity index (χ4n) is 4.71. The third-order valence-electron chi connectivity index (χ3n) is 8.01. The van der Waals surface area contributed by atoms with Crippen molar-refractivity contribution in [1.82, 2.24) is 10.3 Å². The summed E-state index contributed by atoms with van der Waals surface area (Å²) in [5, 5.41) is 4.68. The Balaban J connectivity index is 1.50. The van der Waals surface area contributed by atoms with Crippen molar-refractivity contribution in [3.05, 3.63) is 89.6 Å². The molecule has 0 saturated carbocycles. The second-order valence-electron chi connectivity index (χ2n) is 12.8. The molecule has 0 aliphatic carbocycles. The van der Waals surface area contributed by atoms with Gasteiger partial charge in [0.1, 0.15) is 12.4 Å². The molecular weight excluding hydrogens is 579 g/mol. The van der Waals surface area contributed by atoms with Gasteiger partial charge in [-0.2, -0.15) is 8.42 Å². The number of aromatic amines is 1. The van der Waals surface area contributed by atoms with Gasteiger partial charge in [0.2, 0.25) is 0 Å². The van der Waals surface area contributed by atoms with E-state index < -0.39 is 18.4 Å². The summed E-state index contributed by atoms with van der Waals surface area (Å²) in [6.07, 6.45) is 3.53. The summed E-state index contributed by atoms with van der Waals surface area (Å²) in [6.45, 7) is 14.5. The Kier molecular flexibility index (Phi) is 9.95. The smallest absolute Gasteiger partial charge is 0.306 e. The predicted molar refractivity (Wildman–Crippen MR) is 178 cm³/mol. The molecule has 1 aromatic heterocycles. The number of nitrogens with two attached hydrogens (primary N) is 1. The number of aromatic nitrogens is 1. The van der Waals surface area contributed by atoms with E-state index in [1.54, 1.807) is 6.07 Å². The fraction of sp³-hybridized carbons (Fsp3) is 0.394. The van der Waals surface area contributed by atoms with Crippen LogP contribution in [0.25, 0.3) is 10.9 Å². The molecule has 3 aromatic carbocycles. The van der Waals surface area contributed by atoms with Crippen LogP contribution < -0.4 is 20.0 Å². The van der Waals surface area contributed by atoms with Gasteiger partial charge in [-0.3, -0.25) is 0 Å². The standard InChI is InChI=1S/C33H45N3O5SSi/c1-23(17-26-20-36-32-29(26)15-10-16-30(32)40-42(5,37)38)35-21-31(41-43(6,7)33(2,3)4)25-12-9-14-28(19-25)39-22-24-11-8-13-27(34)18-24/h8-16,18-20,23,31,35-36H,17,21-22,34H2,1-7H3/t23-,31+/m1/s1. The van der Waals surface area contributed by atoms with Gasteiger partial charge >= 0.3 is 10.1 Å². The molecule has 0 fully saturated rings. The van der Waals surface area contributed by atoms with Crippen molar-refractivity contribution in [2.45, 2.75) is 71.0 Å². The number of hydrogen-bond acceptors (Lipinski definition) is 7. The van der Waals surface area contributed by atoms with E-state index in [0.717, 1.165) is 40.5 Å². The number of hydrogen-bond donors (Lipinski definition) is 3. The molecule has 0 aliphatic heterocycles. The minimum atomic E-state index is -3.63. The number of para-hydroxylation sites is 1. The zero-order valence-corrected chi connectivity index (χ0v) is 28.0. The van der Waals surface area contributed by atoms with Gasteiger partial charge in [0.25, 0.3) is 0 Å². The van der Waals surface area contributed by atoms with Crippen LogP contribution >= 0.6 is 0 Å². The maximum Gasteiger partial charge on any atom is 0.306 e. The van der Waals surface area contributed by atoms with Crippen LogP contribution in [0.5, 0.6) is 11.5 Å². The Bertz CT molecular complexity index is 1650. The topological polar surface area (TPSA) is 116 Å². The van der Waals surface area contributed by atoms with Gasteiger partial charge in [-0.1, -0.05) is 57.2 Å². The molecule has 4 rings (SSSR count). The van der Waals surface area contributed by atoms with E-state index in [9.17, 15) is 8.42 Å². The average molecular weight is 624 g/mol. The zero-order chi connectivity index (χ0) is 31.4. The number of benzene rings is 3. The van der Waals surface area contributed by atoms with Crippen LogP contribution in [0.1, 0.15) is 50.5 Å². The van der Waals surface area contributed by atoms with Crippen LogP contribution in [0.2, 0.25) is 18.1 Å². The first-order valence-corrected chi connectivity index (χ1v) is 19.3. The van der Waals surface area contributed by atoms with Crippen LogP contribution in [0.15, 0.2) is 72.9 Å². The predicted octanol–water partition coefficient (Wildman–Crippen LogP) is 6.95. The summed E-state index contributed by atoms with van der Waals surface area (Å²) in [6, 6.07) is 21.4. The number of fused-ring (bicyclic) bond motifs is 1. The van der Waals surface area contributed by atoms with E-state index in [0.29, 0.717) is 30.1 Å². The van der Waals surface area contributed by atoms with Gasteiger partial charge < -0.3 is 29.4 Å². The summed E-state index contributed by atoms with van der Waals surface area (Å²) < 4.78 is 41.7. The molecule has 0 radical (unpaired) electrons. The summed E-state index contributed by atoms with van der Waals surface area (Å²) in [5.41, 5.74) is 10.5. The van der Waals surface area contributed by atoms with E-state index in [1.807, 2.05) is 54.7 Å². The summed E-state index contributed by atoms with van der Waals surface area (Å²) in [4.78, 5) is 3.20. The first-order chi connectivity index (χ1) is 20.1. The Labute approximate surface area is 257 Å². The minimum Gasteiger partial charge on any atom is -0.489 e. The number of rotatable bonds is 13. The van der Waals surface area contributed by atoms with Gasteiger partial charge in [-0.05, 0) is 78.5 Å². The van der Waals surface area contributed by atoms with Gasteiger partial charge in [-0.25, -0.2) is 0 Å². The molecule has 0 saturated heterocycles. The molecule has 4 aromatic rings. The molecule has 1 heterocycles. The normalized spacial score (nSPS) is 14.0. The molecule has 0 unspecified atom stereocenters. The second-order valence-corrected chi connectivity index (χ2v) is 19.1. The Hall–Kier alpha value is -3.31. The van der Waals surface area contributed by atoms with Crippen molar-refractivity contribution < 1.29 is 21.8 Å². The van der Waals surface area contributed by atoms with Crippen molar-refractivity contribution in [2.24, 2.45) is 0 Å². The van der Waals surface area contributed by atoms with Crippen molar-refractivity contribution >= 4 is 35.0 Å². The lowest BCUT2D eigenvalue weighted by molar-refractivity contribution is 0.175. The van der Waals surface area contributed by atoms with Crippen LogP contribution in [-0.2, 0) is 27.6 Å². The molecule has 10 heteroatoms. The molecule has 0 spiro atoms. The van der Waals surface area contributed by atoms with Gasteiger partial charge in [0.05, 0.1) is 17.9 Å². The Morgan fingerprint density at radius 2 is 1.74 bits per heavy atom. The quantitative estimate of drug-likeness (QED) is 0.0838. The third kappa shape index (κ3) is 8.85. The maximum absolute atomic E-state index is 11.7. The van der Waals surface area contributed by atoms with Crippen molar-refractivity contribution in [1.29, 1.82) is 0 Å². The number of ether oxygens (including phenoxy) is 1. The van der Waals surface area contributed by atoms with E-state index >= 15 is 0 Å². The Morgan fingerprint density at radius 1 is 1.02 bits per heavy atom. The summed E-state index contributed by atoms with van der Waals surface area (Å²) in [5.74, 6) is 1.08. The largest absolute Gasteiger partial charge is 0.489 e. The van der Waals surface area contributed by atoms with Gasteiger partial charge in [0.15, 0.2) is 14.1 Å². The SMILES string of the molecule is C[C@H](Cc1c[nH]c2c(OS(C)(=O)=O)cccc12)NC[C@H](O[Si](C)(C)C(C)(C)C)c1cccc(OCc2cccc(N)c2)c1. The molecule has 43 heavy (non-hydrogen) atoms. The highest BCUT2D eigenvalue weighted by atomic mass is 32.2. The summed E-state index contributed by atoms with van der Waals surface area (Å²) in [7, 11) is -5.74. The fourth-order valence-corrected chi connectivity index (χ4v) is 6.46. The average Bonchev–Trinajstić information content (AvgIpc) is 3.32. The maximum atomic E-state index is 11.7. The van der Waals surface area contributed by atoms with Crippen LogP contribution in [0, 0.1) is 0 Å². The summed E-state index contributed by atoms with van der Waals surface area (Å²) >= 11 is 0. The lowest BCUT2D eigenvalue weighted by Gasteiger charge is -2.39. The second kappa shape index (κ2) is 13.1. The van der Waals surface area contributed by atoms with Crippen LogP contribution in [0.4, 0.5) is 5.69 Å². The molecule has 0 amide bonds. The highest BCUT2D eigenvalue weighted by molar-refractivity contribution is 7.86. The van der Waals surface area contributed by atoms with Gasteiger partial charge in [0, 0.05) is 29.9 Å². The molecule has 4 N–H and O–H groups in total. The van der Waals surface area contributed by atoms with Crippen LogP contribution in [0.3, 0.4) is 0 Å². The highest BCUT2D eigenvalue weighted by Gasteiger charge is 2.39. The Morgan fingerprint density at radius 3 is 2.44 bits per heavy atom. The minimum absolute atomic E-state index is 0.0496. The first-order valence-electron chi connectivity index (χ1n) is 14.6. The van der Waals surface area contributed by atoms with E-state index in [1.165, 1.54) is 0 Å². The molecular formula is C33H45N3O5SSi. The van der Waals surface area contributed by atoms with Crippen LogP contribution in [-0.4, -0.2) is 40.6 Å². The number of nitrogens with one attached hydrogen (secondary N) is 2. The molecule has 0 aliphatic rings. The molecule has 8 nitrogen and oxygen atoms in total. The lowest BCUT2D eigenvalue weighted by atomic mass is 10.0. The zero-order valence-electron chi connectivity index (χ0n) is 26.2. The highest BCUT2D eigenvalue weighted by Crippen LogP contribution is 2.40. The van der Waals surface area contributed by atoms with Gasteiger partial charge in [-0.15, -0.1) is 0 Å². The van der Waals surface area contributed by atoms with E-state index in [2.05, 4.69) is 63.2 Å².